The standard InChI is InChI=1S/C18H13N3O4/c22-17(10-21-14-6-1-2-7-15(14)25-18(21)23)20-13-5-3-4-12(8-13)16-9-19-11-24-16/h1-9,11H,10H2,(H,20,22). The van der Waals surface area contributed by atoms with Crippen LogP contribution in [0.1, 0.15) is 0 Å². The van der Waals surface area contributed by atoms with Gasteiger partial charge in [-0.15, -0.1) is 0 Å². The van der Waals surface area contributed by atoms with Gasteiger partial charge in [-0.05, 0) is 24.3 Å². The number of nitrogens with one attached hydrogen (secondary N) is 1. The van der Waals surface area contributed by atoms with E-state index < -0.39 is 5.76 Å². The van der Waals surface area contributed by atoms with Crippen molar-refractivity contribution in [3.63, 3.8) is 0 Å². The lowest BCUT2D eigenvalue weighted by molar-refractivity contribution is -0.116. The van der Waals surface area contributed by atoms with E-state index in [4.69, 9.17) is 8.83 Å². The van der Waals surface area contributed by atoms with E-state index in [-0.39, 0.29) is 12.5 Å². The zero-order chi connectivity index (χ0) is 17.2. The minimum absolute atomic E-state index is 0.137. The minimum atomic E-state index is -0.563. The predicted molar refractivity (Wildman–Crippen MR) is 91.0 cm³/mol. The lowest BCUT2D eigenvalue weighted by Crippen LogP contribution is -2.24. The molecule has 0 saturated carbocycles. The number of hydrogen-bond donors (Lipinski definition) is 1. The van der Waals surface area contributed by atoms with E-state index in [0.29, 0.717) is 22.5 Å². The third kappa shape index (κ3) is 2.94. The van der Waals surface area contributed by atoms with Crippen LogP contribution in [0.15, 0.2) is 74.8 Å². The van der Waals surface area contributed by atoms with Gasteiger partial charge in [-0.2, -0.15) is 0 Å². The van der Waals surface area contributed by atoms with Crippen LogP contribution in [0.5, 0.6) is 0 Å². The Morgan fingerprint density at radius 2 is 2.04 bits per heavy atom. The van der Waals surface area contributed by atoms with Crippen LogP contribution in [-0.4, -0.2) is 15.5 Å². The van der Waals surface area contributed by atoms with E-state index in [9.17, 15) is 9.59 Å². The Morgan fingerprint density at radius 1 is 1.16 bits per heavy atom. The number of carbonyl (C=O) groups excluding carboxylic acids is 1. The highest BCUT2D eigenvalue weighted by Crippen LogP contribution is 2.22. The SMILES string of the molecule is O=C(Cn1c(=O)oc2ccccc21)Nc1cccc(-c2cnco2)c1. The second kappa shape index (κ2) is 6.12. The maximum Gasteiger partial charge on any atom is 0.420 e. The molecule has 4 rings (SSSR count). The van der Waals surface area contributed by atoms with Crippen LogP contribution in [0.4, 0.5) is 5.69 Å². The molecule has 1 amide bonds. The largest absolute Gasteiger partial charge is 0.444 e. The summed E-state index contributed by atoms with van der Waals surface area (Å²) in [6.07, 6.45) is 2.94. The molecule has 4 aromatic rings. The minimum Gasteiger partial charge on any atom is -0.444 e. The van der Waals surface area contributed by atoms with Gasteiger partial charge in [-0.3, -0.25) is 9.36 Å². The van der Waals surface area contributed by atoms with Gasteiger partial charge in [0.25, 0.3) is 0 Å². The number of carbonyl (C=O) groups is 1. The van der Waals surface area contributed by atoms with Crippen molar-refractivity contribution in [3.8, 4) is 11.3 Å². The van der Waals surface area contributed by atoms with E-state index in [2.05, 4.69) is 10.3 Å². The first kappa shape index (κ1) is 14.9. The fourth-order valence-electron chi connectivity index (χ4n) is 2.62. The molecular formula is C18H13N3O4. The first-order valence-electron chi connectivity index (χ1n) is 7.58. The van der Waals surface area contributed by atoms with Gasteiger partial charge in [0.1, 0.15) is 6.54 Å². The fourth-order valence-corrected chi connectivity index (χ4v) is 2.62. The molecule has 2 aromatic heterocycles. The Bertz CT molecular complexity index is 1090. The summed E-state index contributed by atoms with van der Waals surface area (Å²) < 4.78 is 11.7. The van der Waals surface area contributed by atoms with Crippen molar-refractivity contribution in [1.29, 1.82) is 0 Å². The summed E-state index contributed by atoms with van der Waals surface area (Å²) in [4.78, 5) is 28.1. The van der Waals surface area contributed by atoms with Crippen LogP contribution in [-0.2, 0) is 11.3 Å². The fraction of sp³-hybridized carbons (Fsp3) is 0.0556. The average Bonchev–Trinajstić information content (AvgIpc) is 3.24. The number of rotatable bonds is 4. The molecule has 0 fully saturated rings. The molecule has 0 aliphatic rings. The maximum absolute atomic E-state index is 12.3. The normalized spacial score (nSPS) is 10.9. The molecule has 0 atom stereocenters. The Kier molecular flexibility index (Phi) is 3.66. The molecular weight excluding hydrogens is 322 g/mol. The Hall–Kier alpha value is -3.61. The first-order chi connectivity index (χ1) is 12.2. The molecule has 1 N–H and O–H groups in total. The summed E-state index contributed by atoms with van der Waals surface area (Å²) in [5, 5.41) is 2.77. The van der Waals surface area contributed by atoms with Gasteiger partial charge in [0.2, 0.25) is 5.91 Å². The summed E-state index contributed by atoms with van der Waals surface area (Å²) in [5.74, 6) is -0.289. The molecule has 0 radical (unpaired) electrons. The summed E-state index contributed by atoms with van der Waals surface area (Å²) in [5.41, 5.74) is 2.42. The summed E-state index contributed by atoms with van der Waals surface area (Å²) in [6, 6.07) is 14.2. The van der Waals surface area contributed by atoms with Gasteiger partial charge in [-0.1, -0.05) is 24.3 Å². The molecule has 0 aliphatic heterocycles. The molecule has 0 saturated heterocycles. The highest BCUT2D eigenvalue weighted by atomic mass is 16.4. The summed E-state index contributed by atoms with van der Waals surface area (Å²) in [7, 11) is 0. The summed E-state index contributed by atoms with van der Waals surface area (Å²) in [6.45, 7) is -0.137. The Morgan fingerprint density at radius 3 is 2.88 bits per heavy atom. The van der Waals surface area contributed by atoms with Gasteiger partial charge in [0.05, 0.1) is 11.7 Å². The van der Waals surface area contributed by atoms with E-state index >= 15 is 0 Å². The van der Waals surface area contributed by atoms with Crippen LogP contribution < -0.4 is 11.1 Å². The number of amides is 1. The second-order valence-electron chi connectivity index (χ2n) is 5.42. The molecule has 0 bridgehead atoms. The van der Waals surface area contributed by atoms with E-state index in [0.717, 1.165) is 5.56 Å². The molecule has 0 aliphatic carbocycles. The van der Waals surface area contributed by atoms with Crippen molar-refractivity contribution in [2.24, 2.45) is 0 Å². The van der Waals surface area contributed by atoms with Gasteiger partial charge in [0.15, 0.2) is 17.7 Å². The molecule has 7 nitrogen and oxygen atoms in total. The number of fused-ring (bicyclic) bond motifs is 1. The molecule has 124 valence electrons. The van der Waals surface area contributed by atoms with Crippen molar-refractivity contribution < 1.29 is 13.6 Å². The number of hydrogen-bond acceptors (Lipinski definition) is 5. The number of oxazole rings is 2. The highest BCUT2D eigenvalue weighted by Gasteiger charge is 2.13. The van der Waals surface area contributed by atoms with Crippen molar-refractivity contribution in [2.45, 2.75) is 6.54 Å². The Balaban J connectivity index is 1.55. The van der Waals surface area contributed by atoms with Gasteiger partial charge in [0, 0.05) is 11.3 Å². The third-order valence-corrected chi connectivity index (χ3v) is 3.74. The van der Waals surface area contributed by atoms with E-state index in [1.54, 1.807) is 48.7 Å². The zero-order valence-electron chi connectivity index (χ0n) is 13.0. The second-order valence-corrected chi connectivity index (χ2v) is 5.42. The molecule has 2 heterocycles. The lowest BCUT2D eigenvalue weighted by atomic mass is 10.1. The highest BCUT2D eigenvalue weighted by molar-refractivity contribution is 5.92. The lowest BCUT2D eigenvalue weighted by Gasteiger charge is -2.07. The van der Waals surface area contributed by atoms with Crippen molar-refractivity contribution in [1.82, 2.24) is 9.55 Å². The third-order valence-electron chi connectivity index (χ3n) is 3.74. The van der Waals surface area contributed by atoms with Crippen LogP contribution >= 0.6 is 0 Å². The number of nitrogens with zero attached hydrogens (tertiary/aromatic N) is 2. The Labute approximate surface area is 141 Å². The first-order valence-corrected chi connectivity index (χ1v) is 7.58. The van der Waals surface area contributed by atoms with Crippen molar-refractivity contribution in [2.75, 3.05) is 5.32 Å². The number of benzene rings is 2. The smallest absolute Gasteiger partial charge is 0.420 e. The van der Waals surface area contributed by atoms with Gasteiger partial charge in [-0.25, -0.2) is 9.78 Å². The van der Waals surface area contributed by atoms with Crippen molar-refractivity contribution >= 4 is 22.7 Å². The molecule has 0 unspecified atom stereocenters. The average molecular weight is 335 g/mol. The van der Waals surface area contributed by atoms with Crippen LogP contribution in [0, 0.1) is 0 Å². The monoisotopic (exact) mass is 335 g/mol. The van der Waals surface area contributed by atoms with Gasteiger partial charge >= 0.3 is 5.76 Å². The molecule has 25 heavy (non-hydrogen) atoms. The summed E-state index contributed by atoms with van der Waals surface area (Å²) >= 11 is 0. The zero-order valence-corrected chi connectivity index (χ0v) is 13.0. The number of para-hydroxylation sites is 2. The maximum atomic E-state index is 12.3. The van der Waals surface area contributed by atoms with Crippen LogP contribution in [0.25, 0.3) is 22.4 Å². The van der Waals surface area contributed by atoms with Gasteiger partial charge < -0.3 is 14.2 Å². The number of anilines is 1. The quantitative estimate of drug-likeness (QED) is 0.619. The van der Waals surface area contributed by atoms with Crippen molar-refractivity contribution in [3.05, 3.63) is 71.7 Å². The van der Waals surface area contributed by atoms with Crippen LogP contribution in [0.2, 0.25) is 0 Å². The molecule has 0 spiro atoms. The number of aromatic nitrogens is 2. The molecule has 7 heteroatoms. The van der Waals surface area contributed by atoms with Crippen LogP contribution in [0.3, 0.4) is 0 Å². The van der Waals surface area contributed by atoms with E-state index in [1.165, 1.54) is 11.0 Å². The van der Waals surface area contributed by atoms with E-state index in [1.807, 2.05) is 6.07 Å². The topological polar surface area (TPSA) is 90.3 Å². The predicted octanol–water partition coefficient (Wildman–Crippen LogP) is 2.89. The molecule has 2 aromatic carbocycles.